The fraction of sp³-hybridized carbons (Fsp3) is 0.444. The maximum atomic E-state index is 11.7. The van der Waals surface area contributed by atoms with Crippen molar-refractivity contribution in [3.8, 4) is 0 Å². The highest BCUT2D eigenvalue weighted by Crippen LogP contribution is 2.21. The summed E-state index contributed by atoms with van der Waals surface area (Å²) in [6.45, 7) is 4.19. The van der Waals surface area contributed by atoms with Crippen molar-refractivity contribution in [2.75, 3.05) is 6.54 Å². The minimum atomic E-state index is -3.55. The molecule has 0 aliphatic heterocycles. The van der Waals surface area contributed by atoms with E-state index in [1.54, 1.807) is 0 Å². The van der Waals surface area contributed by atoms with Gasteiger partial charge in [0.1, 0.15) is 10.0 Å². The number of aromatic nitrogens is 1. The van der Waals surface area contributed by atoms with Gasteiger partial charge in [0, 0.05) is 12.7 Å². The second-order valence-corrected chi connectivity index (χ2v) is 6.22. The molecule has 1 aromatic heterocycles. The van der Waals surface area contributed by atoms with E-state index in [1.807, 2.05) is 13.8 Å². The lowest BCUT2D eigenvalue weighted by Gasteiger charge is -2.08. The zero-order chi connectivity index (χ0) is 12.3. The maximum absolute atomic E-state index is 11.7. The van der Waals surface area contributed by atoms with Gasteiger partial charge in [-0.2, -0.15) is 0 Å². The molecule has 1 aromatic rings. The Morgan fingerprint density at radius 2 is 2.06 bits per heavy atom. The van der Waals surface area contributed by atoms with Gasteiger partial charge in [0.2, 0.25) is 10.0 Å². The van der Waals surface area contributed by atoms with Crippen LogP contribution in [0, 0.1) is 5.92 Å². The van der Waals surface area contributed by atoms with Crippen LogP contribution in [-0.2, 0) is 10.0 Å². The van der Waals surface area contributed by atoms with Crippen molar-refractivity contribution < 1.29 is 8.42 Å². The van der Waals surface area contributed by atoms with E-state index in [4.69, 9.17) is 23.2 Å². The molecule has 7 heteroatoms. The van der Waals surface area contributed by atoms with E-state index in [2.05, 4.69) is 9.71 Å². The Kier molecular flexibility index (Phi) is 4.55. The lowest BCUT2D eigenvalue weighted by atomic mass is 10.2. The number of halogens is 2. The third-order valence-electron chi connectivity index (χ3n) is 1.76. The molecular formula is C9H12Cl2N2O2S. The van der Waals surface area contributed by atoms with Crippen LogP contribution in [0.2, 0.25) is 10.2 Å². The summed E-state index contributed by atoms with van der Waals surface area (Å²) in [5.74, 6) is 0.227. The monoisotopic (exact) mass is 282 g/mol. The van der Waals surface area contributed by atoms with Crippen LogP contribution in [0.15, 0.2) is 17.2 Å². The normalized spacial score (nSPS) is 12.1. The van der Waals surface area contributed by atoms with Crippen LogP contribution in [0.4, 0.5) is 0 Å². The first-order valence-electron chi connectivity index (χ1n) is 4.63. The molecule has 90 valence electrons. The predicted octanol–water partition coefficient (Wildman–Crippen LogP) is 2.32. The highest BCUT2D eigenvalue weighted by molar-refractivity contribution is 7.89. The summed E-state index contributed by atoms with van der Waals surface area (Å²) in [4.78, 5) is 3.70. The highest BCUT2D eigenvalue weighted by atomic mass is 35.5. The third-order valence-corrected chi connectivity index (χ3v) is 3.84. The lowest BCUT2D eigenvalue weighted by Crippen LogP contribution is -2.27. The third kappa shape index (κ3) is 3.59. The Bertz CT molecular complexity index is 474. The summed E-state index contributed by atoms with van der Waals surface area (Å²) in [5.41, 5.74) is 0. The average molecular weight is 283 g/mol. The molecule has 0 aliphatic rings. The maximum Gasteiger partial charge on any atom is 0.242 e. The van der Waals surface area contributed by atoms with Gasteiger partial charge in [-0.1, -0.05) is 37.0 Å². The van der Waals surface area contributed by atoms with Gasteiger partial charge in [0.05, 0.1) is 5.02 Å². The van der Waals surface area contributed by atoms with Crippen molar-refractivity contribution in [1.82, 2.24) is 9.71 Å². The van der Waals surface area contributed by atoms with Gasteiger partial charge in [-0.25, -0.2) is 18.1 Å². The van der Waals surface area contributed by atoms with Gasteiger partial charge in [-0.05, 0) is 12.0 Å². The van der Waals surface area contributed by atoms with Gasteiger partial charge in [0.15, 0.2) is 0 Å². The minimum Gasteiger partial charge on any atom is -0.242 e. The zero-order valence-corrected chi connectivity index (χ0v) is 11.2. The first kappa shape index (κ1) is 13.7. The van der Waals surface area contributed by atoms with E-state index in [0.29, 0.717) is 6.54 Å². The van der Waals surface area contributed by atoms with Crippen molar-refractivity contribution in [2.45, 2.75) is 18.7 Å². The molecule has 0 amide bonds. The van der Waals surface area contributed by atoms with E-state index in [0.717, 1.165) is 0 Å². The second-order valence-electron chi connectivity index (χ2n) is 3.69. The predicted molar refractivity (Wildman–Crippen MR) is 64.3 cm³/mol. The summed E-state index contributed by atoms with van der Waals surface area (Å²) in [5, 5.41) is 0.207. The first-order valence-corrected chi connectivity index (χ1v) is 6.87. The van der Waals surface area contributed by atoms with Crippen LogP contribution in [0.3, 0.4) is 0 Å². The van der Waals surface area contributed by atoms with E-state index in [9.17, 15) is 8.42 Å². The van der Waals surface area contributed by atoms with Crippen molar-refractivity contribution in [3.05, 3.63) is 22.4 Å². The van der Waals surface area contributed by atoms with Gasteiger partial charge in [-0.3, -0.25) is 0 Å². The standard InChI is InChI=1S/C9H12Cl2N2O2S/c1-6(2)4-13-16(14,15)7-3-8(10)9(11)12-5-7/h3,5-6,13H,4H2,1-2H3. The molecule has 0 aromatic carbocycles. The molecule has 0 bridgehead atoms. The molecular weight excluding hydrogens is 271 g/mol. The number of hydrogen-bond acceptors (Lipinski definition) is 3. The van der Waals surface area contributed by atoms with Gasteiger partial charge >= 0.3 is 0 Å². The molecule has 0 fully saturated rings. The number of nitrogens with zero attached hydrogens (tertiary/aromatic N) is 1. The quantitative estimate of drug-likeness (QED) is 0.863. The van der Waals surface area contributed by atoms with Crippen LogP contribution in [-0.4, -0.2) is 19.9 Å². The van der Waals surface area contributed by atoms with Gasteiger partial charge < -0.3 is 0 Å². The smallest absolute Gasteiger partial charge is 0.242 e. The molecule has 0 aliphatic carbocycles. The zero-order valence-electron chi connectivity index (χ0n) is 8.87. The number of hydrogen-bond donors (Lipinski definition) is 1. The summed E-state index contributed by atoms with van der Waals surface area (Å²) >= 11 is 11.3. The molecule has 4 nitrogen and oxygen atoms in total. The van der Waals surface area contributed by atoms with Crippen LogP contribution in [0.1, 0.15) is 13.8 Å². The van der Waals surface area contributed by atoms with E-state index in [1.165, 1.54) is 12.3 Å². The van der Waals surface area contributed by atoms with Crippen LogP contribution in [0.5, 0.6) is 0 Å². The van der Waals surface area contributed by atoms with E-state index in [-0.39, 0.29) is 21.0 Å². The number of nitrogens with one attached hydrogen (secondary N) is 1. The Labute approximate surface area is 105 Å². The first-order chi connectivity index (χ1) is 7.33. The van der Waals surface area contributed by atoms with Crippen molar-refractivity contribution in [3.63, 3.8) is 0 Å². The second kappa shape index (κ2) is 5.31. The molecule has 16 heavy (non-hydrogen) atoms. The number of sulfonamides is 1. The van der Waals surface area contributed by atoms with Crippen molar-refractivity contribution >= 4 is 33.2 Å². The number of rotatable bonds is 4. The Morgan fingerprint density at radius 1 is 1.44 bits per heavy atom. The van der Waals surface area contributed by atoms with Crippen LogP contribution >= 0.6 is 23.2 Å². The van der Waals surface area contributed by atoms with Gasteiger partial charge in [0.25, 0.3) is 0 Å². The van der Waals surface area contributed by atoms with Gasteiger partial charge in [-0.15, -0.1) is 0 Å². The SMILES string of the molecule is CC(C)CNS(=O)(=O)c1cnc(Cl)c(Cl)c1. The minimum absolute atomic E-state index is 0.0163. The van der Waals surface area contributed by atoms with E-state index >= 15 is 0 Å². The summed E-state index contributed by atoms with van der Waals surface area (Å²) in [7, 11) is -3.55. The molecule has 0 unspecified atom stereocenters. The fourth-order valence-corrected chi connectivity index (χ4v) is 2.43. The Hall–Kier alpha value is -0.360. The molecule has 0 spiro atoms. The highest BCUT2D eigenvalue weighted by Gasteiger charge is 2.16. The fourth-order valence-electron chi connectivity index (χ4n) is 0.910. The molecule has 0 radical (unpaired) electrons. The lowest BCUT2D eigenvalue weighted by molar-refractivity contribution is 0.560. The van der Waals surface area contributed by atoms with Crippen LogP contribution < -0.4 is 4.72 Å². The Balaban J connectivity index is 2.94. The molecule has 1 heterocycles. The summed E-state index contributed by atoms with van der Waals surface area (Å²) in [6.07, 6.45) is 1.18. The van der Waals surface area contributed by atoms with Crippen molar-refractivity contribution in [2.24, 2.45) is 5.92 Å². The van der Waals surface area contributed by atoms with E-state index < -0.39 is 10.0 Å². The molecule has 0 saturated heterocycles. The van der Waals surface area contributed by atoms with Crippen LogP contribution in [0.25, 0.3) is 0 Å². The number of pyridine rings is 1. The molecule has 0 saturated carbocycles. The molecule has 0 atom stereocenters. The molecule has 1 rings (SSSR count). The topological polar surface area (TPSA) is 59.1 Å². The average Bonchev–Trinajstić information content (AvgIpc) is 2.19. The summed E-state index contributed by atoms with van der Waals surface area (Å²) in [6, 6.07) is 1.28. The molecule has 1 N–H and O–H groups in total. The van der Waals surface area contributed by atoms with Crippen molar-refractivity contribution in [1.29, 1.82) is 0 Å². The summed E-state index contributed by atoms with van der Waals surface area (Å²) < 4.78 is 25.9. The largest absolute Gasteiger partial charge is 0.242 e. The Morgan fingerprint density at radius 3 is 2.56 bits per heavy atom.